The number of halogens is 1. The lowest BCUT2D eigenvalue weighted by atomic mass is 10.1. The number of sulfonamides is 1. The van der Waals surface area contributed by atoms with Crippen molar-refractivity contribution in [1.29, 1.82) is 0 Å². The quantitative estimate of drug-likeness (QED) is 0.444. The number of Topliss-reactive ketones (excluding diaryl/α,β-unsaturated/α-hetero) is 1. The average Bonchev–Trinajstić information content (AvgIpc) is 2.56. The second-order valence-electron chi connectivity index (χ2n) is 5.55. The predicted molar refractivity (Wildman–Crippen MR) is 99.7 cm³/mol. The van der Waals surface area contributed by atoms with Gasteiger partial charge >= 0.3 is 0 Å². The summed E-state index contributed by atoms with van der Waals surface area (Å²) >= 11 is 5.97. The average molecular weight is 394 g/mol. The number of aliphatic hydroxyl groups is 1. The van der Waals surface area contributed by atoms with Gasteiger partial charge in [0.2, 0.25) is 5.78 Å². The van der Waals surface area contributed by atoms with Crippen molar-refractivity contribution in [3.05, 3.63) is 64.7 Å². The molecule has 0 spiro atoms. The van der Waals surface area contributed by atoms with Gasteiger partial charge in [-0.15, -0.1) is 0 Å². The van der Waals surface area contributed by atoms with Gasteiger partial charge < -0.3 is 5.11 Å². The molecule has 0 aliphatic heterocycles. The number of carbonyl (C=O) groups excluding carboxylic acids is 2. The highest BCUT2D eigenvalue weighted by molar-refractivity contribution is 7.92. The molecule has 0 radical (unpaired) electrons. The number of ketones is 2. The topological polar surface area (TPSA) is 101 Å². The van der Waals surface area contributed by atoms with Crippen LogP contribution in [0.3, 0.4) is 0 Å². The minimum atomic E-state index is -3.89. The monoisotopic (exact) mass is 393 g/mol. The lowest BCUT2D eigenvalue weighted by Crippen LogP contribution is -2.13. The molecule has 0 aliphatic carbocycles. The number of anilines is 1. The molecule has 0 amide bonds. The molecule has 2 rings (SSSR count). The van der Waals surface area contributed by atoms with Crippen LogP contribution in [0, 0.1) is 6.92 Å². The number of rotatable bonds is 6. The van der Waals surface area contributed by atoms with Crippen LogP contribution in [0.4, 0.5) is 5.69 Å². The Labute approximate surface area is 156 Å². The van der Waals surface area contributed by atoms with E-state index in [2.05, 4.69) is 4.72 Å². The highest BCUT2D eigenvalue weighted by Gasteiger charge is 2.16. The normalized spacial score (nSPS) is 11.9. The maximum atomic E-state index is 12.5. The number of allylic oxidation sites excluding steroid dienone is 1. The summed E-state index contributed by atoms with van der Waals surface area (Å²) in [4.78, 5) is 22.3. The van der Waals surface area contributed by atoms with Gasteiger partial charge in [0.15, 0.2) is 5.78 Å². The number of aliphatic hydroxyl groups excluding tert-OH is 1. The molecule has 0 aromatic heterocycles. The molecule has 0 bridgehead atoms. The van der Waals surface area contributed by atoms with Crippen LogP contribution in [-0.2, 0) is 19.6 Å². The van der Waals surface area contributed by atoms with E-state index in [1.54, 1.807) is 13.0 Å². The van der Waals surface area contributed by atoms with Gasteiger partial charge in [0, 0.05) is 29.3 Å². The number of nitrogens with one attached hydrogen (secondary N) is 1. The van der Waals surface area contributed by atoms with E-state index in [-0.39, 0.29) is 16.1 Å². The minimum Gasteiger partial charge on any atom is -0.507 e. The summed E-state index contributed by atoms with van der Waals surface area (Å²) in [6.45, 7) is 2.84. The molecule has 0 atom stereocenters. The molecule has 0 saturated heterocycles. The van der Waals surface area contributed by atoms with Crippen LogP contribution in [0.2, 0.25) is 5.02 Å². The van der Waals surface area contributed by atoms with E-state index in [1.165, 1.54) is 36.4 Å². The molecule has 0 heterocycles. The maximum Gasteiger partial charge on any atom is 0.261 e. The highest BCUT2D eigenvalue weighted by atomic mass is 35.5. The first-order chi connectivity index (χ1) is 12.1. The first-order valence-electron chi connectivity index (χ1n) is 7.45. The van der Waals surface area contributed by atoms with Gasteiger partial charge in [-0.1, -0.05) is 29.8 Å². The zero-order chi connectivity index (χ0) is 19.5. The Hall–Kier alpha value is -2.64. The Bertz CT molecular complexity index is 1010. The van der Waals surface area contributed by atoms with Crippen LogP contribution in [0.15, 0.2) is 53.4 Å². The summed E-state index contributed by atoms with van der Waals surface area (Å²) in [6.07, 6.45) is 0.787. The molecule has 2 N–H and O–H groups in total. The van der Waals surface area contributed by atoms with E-state index >= 15 is 0 Å². The van der Waals surface area contributed by atoms with Crippen LogP contribution in [0.1, 0.15) is 18.1 Å². The number of hydrogen-bond acceptors (Lipinski definition) is 5. The fourth-order valence-corrected chi connectivity index (χ4v) is 3.33. The van der Waals surface area contributed by atoms with E-state index in [0.717, 1.165) is 18.6 Å². The van der Waals surface area contributed by atoms with Crippen LogP contribution in [0.25, 0.3) is 5.76 Å². The van der Waals surface area contributed by atoms with Crippen molar-refractivity contribution in [1.82, 2.24) is 0 Å². The van der Waals surface area contributed by atoms with Crippen molar-refractivity contribution < 1.29 is 23.1 Å². The van der Waals surface area contributed by atoms with Crippen molar-refractivity contribution >= 4 is 44.6 Å². The van der Waals surface area contributed by atoms with Crippen molar-refractivity contribution in [2.75, 3.05) is 4.72 Å². The maximum absolute atomic E-state index is 12.5. The summed E-state index contributed by atoms with van der Waals surface area (Å²) in [5.41, 5.74) is 1.11. The Morgan fingerprint density at radius 2 is 1.85 bits per heavy atom. The smallest absolute Gasteiger partial charge is 0.261 e. The van der Waals surface area contributed by atoms with E-state index in [4.69, 9.17) is 11.6 Å². The SMILES string of the molecule is CC(=O)C(=O)/C=C(\O)c1cccc(NS(=O)(=O)c2ccc(C)c(Cl)c2)c1. The predicted octanol–water partition coefficient (Wildman–Crippen LogP) is 3.51. The van der Waals surface area contributed by atoms with Crippen LogP contribution >= 0.6 is 11.6 Å². The van der Waals surface area contributed by atoms with E-state index < -0.39 is 27.3 Å². The largest absolute Gasteiger partial charge is 0.507 e. The zero-order valence-electron chi connectivity index (χ0n) is 14.0. The first-order valence-corrected chi connectivity index (χ1v) is 9.31. The Morgan fingerprint density at radius 3 is 2.46 bits per heavy atom. The zero-order valence-corrected chi connectivity index (χ0v) is 15.6. The standard InChI is InChI=1S/C18H16ClNO5S/c1-11-6-7-15(9-16(11)19)26(24,25)20-14-5-3-4-13(8-14)18(23)10-17(22)12(2)21/h3-10,20,23H,1-2H3/b18-10-. The van der Waals surface area contributed by atoms with E-state index in [9.17, 15) is 23.1 Å². The van der Waals surface area contributed by atoms with Crippen molar-refractivity contribution in [2.24, 2.45) is 0 Å². The molecule has 2 aromatic carbocycles. The summed E-state index contributed by atoms with van der Waals surface area (Å²) in [6, 6.07) is 10.2. The molecule has 136 valence electrons. The molecule has 0 aliphatic rings. The molecule has 0 saturated carbocycles. The molecule has 8 heteroatoms. The third kappa shape index (κ3) is 4.71. The van der Waals surface area contributed by atoms with E-state index in [0.29, 0.717) is 5.02 Å². The van der Waals surface area contributed by atoms with E-state index in [1.807, 2.05) is 0 Å². The Balaban J connectivity index is 2.31. The summed E-state index contributed by atoms with van der Waals surface area (Å²) in [5, 5.41) is 10.3. The van der Waals surface area contributed by atoms with Crippen molar-refractivity contribution in [3.8, 4) is 0 Å². The van der Waals surface area contributed by atoms with Gasteiger partial charge in [-0.05, 0) is 36.8 Å². The second-order valence-corrected chi connectivity index (χ2v) is 7.64. The number of aryl methyl sites for hydroxylation is 1. The summed E-state index contributed by atoms with van der Waals surface area (Å²) in [7, 11) is -3.89. The highest BCUT2D eigenvalue weighted by Crippen LogP contribution is 2.23. The first kappa shape index (κ1) is 19.7. The third-order valence-electron chi connectivity index (χ3n) is 3.48. The fourth-order valence-electron chi connectivity index (χ4n) is 2.01. The summed E-state index contributed by atoms with van der Waals surface area (Å²) in [5.74, 6) is -2.02. The van der Waals surface area contributed by atoms with Gasteiger partial charge in [-0.2, -0.15) is 0 Å². The van der Waals surface area contributed by atoms with Crippen LogP contribution in [0.5, 0.6) is 0 Å². The van der Waals surface area contributed by atoms with Crippen LogP contribution in [-0.4, -0.2) is 25.1 Å². The third-order valence-corrected chi connectivity index (χ3v) is 5.27. The van der Waals surface area contributed by atoms with Gasteiger partial charge in [0.1, 0.15) is 5.76 Å². The lowest BCUT2D eigenvalue weighted by molar-refractivity contribution is -0.132. The minimum absolute atomic E-state index is 0.00924. The second kappa shape index (κ2) is 7.72. The van der Waals surface area contributed by atoms with Gasteiger partial charge in [-0.25, -0.2) is 8.42 Å². The molecule has 6 nitrogen and oxygen atoms in total. The van der Waals surface area contributed by atoms with Crippen molar-refractivity contribution in [3.63, 3.8) is 0 Å². The molecular formula is C18H16ClNO5S. The number of benzene rings is 2. The van der Waals surface area contributed by atoms with Gasteiger partial charge in [-0.3, -0.25) is 14.3 Å². The molecule has 0 unspecified atom stereocenters. The van der Waals surface area contributed by atoms with Crippen LogP contribution < -0.4 is 4.72 Å². The number of hydrogen-bond donors (Lipinski definition) is 2. The van der Waals surface area contributed by atoms with Gasteiger partial charge in [0.05, 0.1) is 4.90 Å². The molecular weight excluding hydrogens is 378 g/mol. The molecule has 2 aromatic rings. The molecule has 0 fully saturated rings. The molecule has 26 heavy (non-hydrogen) atoms. The summed E-state index contributed by atoms with van der Waals surface area (Å²) < 4.78 is 27.3. The lowest BCUT2D eigenvalue weighted by Gasteiger charge is -2.10. The Morgan fingerprint density at radius 1 is 1.15 bits per heavy atom. The van der Waals surface area contributed by atoms with Crippen molar-refractivity contribution in [2.45, 2.75) is 18.7 Å². The number of carbonyl (C=O) groups is 2. The fraction of sp³-hybridized carbons (Fsp3) is 0.111. The van der Waals surface area contributed by atoms with Gasteiger partial charge in [0.25, 0.3) is 10.0 Å². The Kier molecular flexibility index (Phi) is 5.84.